The van der Waals surface area contributed by atoms with Crippen molar-refractivity contribution in [1.82, 2.24) is 14.4 Å². The molecule has 6 rings (SSSR count). The summed E-state index contributed by atoms with van der Waals surface area (Å²) in [5, 5.41) is 4.45. The summed E-state index contributed by atoms with van der Waals surface area (Å²) in [5.41, 5.74) is 6.71. The number of likely N-dealkylation sites (N-methyl/N-ethyl adjacent to an activating group) is 1. The van der Waals surface area contributed by atoms with Crippen LogP contribution in [0.2, 0.25) is 0 Å². The molecule has 2 aliphatic heterocycles. The van der Waals surface area contributed by atoms with Crippen LogP contribution >= 0.6 is 11.3 Å². The van der Waals surface area contributed by atoms with Crippen LogP contribution in [0.25, 0.3) is 5.00 Å². The number of aryl methyl sites for hydroxylation is 1. The van der Waals surface area contributed by atoms with Gasteiger partial charge in [-0.3, -0.25) is 0 Å². The topological polar surface area (TPSA) is 49.7 Å². The molecule has 7 heteroatoms. The molecule has 0 radical (unpaired) electrons. The molecular formula is C29H30N4O2S. The molecule has 0 fully saturated rings. The second-order valence-electron chi connectivity index (χ2n) is 9.63. The minimum atomic E-state index is -0.239. The Labute approximate surface area is 215 Å². The van der Waals surface area contributed by atoms with Crippen molar-refractivity contribution in [2.75, 3.05) is 26.0 Å². The quantitative estimate of drug-likeness (QED) is 0.378. The van der Waals surface area contributed by atoms with E-state index in [0.717, 1.165) is 47.8 Å². The average Bonchev–Trinajstić information content (AvgIpc) is 3.47. The number of thiophene rings is 1. The molecule has 36 heavy (non-hydrogen) atoms. The monoisotopic (exact) mass is 498 g/mol. The molecule has 1 N–H and O–H groups in total. The van der Waals surface area contributed by atoms with Gasteiger partial charge in [-0.15, -0.1) is 11.3 Å². The van der Waals surface area contributed by atoms with E-state index in [1.807, 2.05) is 59.6 Å². The smallest absolute Gasteiger partial charge is 0.322 e. The van der Waals surface area contributed by atoms with E-state index in [1.165, 1.54) is 21.0 Å². The highest BCUT2D eigenvalue weighted by atomic mass is 32.1. The zero-order chi connectivity index (χ0) is 24.8. The third-order valence-electron chi connectivity index (χ3n) is 7.33. The number of ether oxygens (including phenoxy) is 1. The zero-order valence-electron chi connectivity index (χ0n) is 20.8. The first kappa shape index (κ1) is 22.9. The molecule has 2 aromatic heterocycles. The van der Waals surface area contributed by atoms with Gasteiger partial charge in [-0.05, 0) is 67.4 Å². The van der Waals surface area contributed by atoms with E-state index in [9.17, 15) is 4.79 Å². The van der Waals surface area contributed by atoms with Crippen LogP contribution in [0.15, 0.2) is 66.9 Å². The molecule has 0 saturated heterocycles. The van der Waals surface area contributed by atoms with E-state index in [4.69, 9.17) is 4.74 Å². The lowest BCUT2D eigenvalue weighted by molar-refractivity contribution is 0.194. The molecule has 2 amide bonds. The number of hydrogen-bond donors (Lipinski definition) is 1. The SMILES string of the molecule is COc1ccc([C@H]2c3cccn3-c3sc4c(c3CN2C(=O)Nc2ccccc2C)CCN(C)C4)cc1. The van der Waals surface area contributed by atoms with Gasteiger partial charge in [0.1, 0.15) is 10.8 Å². The van der Waals surface area contributed by atoms with E-state index in [1.54, 1.807) is 7.11 Å². The molecular weight excluding hydrogens is 468 g/mol. The van der Waals surface area contributed by atoms with Crippen LogP contribution in [0.5, 0.6) is 5.75 Å². The van der Waals surface area contributed by atoms with Crippen LogP contribution < -0.4 is 10.1 Å². The van der Waals surface area contributed by atoms with Gasteiger partial charge in [0.05, 0.1) is 25.4 Å². The van der Waals surface area contributed by atoms with Crippen molar-refractivity contribution in [3.05, 3.63) is 99.7 Å². The first-order valence-electron chi connectivity index (χ1n) is 12.3. The Kier molecular flexibility index (Phi) is 5.82. The van der Waals surface area contributed by atoms with Crippen molar-refractivity contribution < 1.29 is 9.53 Å². The molecule has 0 spiro atoms. The maximum atomic E-state index is 14.0. The molecule has 0 aliphatic carbocycles. The van der Waals surface area contributed by atoms with Gasteiger partial charge in [0.15, 0.2) is 0 Å². The Balaban J connectivity index is 1.49. The Hall–Kier alpha value is -3.55. The third-order valence-corrected chi connectivity index (χ3v) is 8.59. The predicted molar refractivity (Wildman–Crippen MR) is 144 cm³/mol. The molecule has 0 unspecified atom stereocenters. The summed E-state index contributed by atoms with van der Waals surface area (Å²) in [6.45, 7) is 4.57. The minimum Gasteiger partial charge on any atom is -0.497 e. The third kappa shape index (κ3) is 3.88. The summed E-state index contributed by atoms with van der Waals surface area (Å²) in [4.78, 5) is 19.8. The van der Waals surface area contributed by atoms with Crippen LogP contribution in [-0.2, 0) is 19.5 Å². The summed E-state index contributed by atoms with van der Waals surface area (Å²) in [7, 11) is 3.85. The fourth-order valence-corrected chi connectivity index (χ4v) is 6.83. The number of para-hydroxylation sites is 1. The second-order valence-corrected chi connectivity index (χ2v) is 10.7. The lowest BCUT2D eigenvalue weighted by Crippen LogP contribution is -2.38. The number of nitrogens with zero attached hydrogens (tertiary/aromatic N) is 3. The van der Waals surface area contributed by atoms with E-state index in [0.29, 0.717) is 6.54 Å². The lowest BCUT2D eigenvalue weighted by atomic mass is 10.00. The maximum Gasteiger partial charge on any atom is 0.322 e. The van der Waals surface area contributed by atoms with Gasteiger partial charge in [0.25, 0.3) is 0 Å². The number of methoxy groups -OCH3 is 1. The van der Waals surface area contributed by atoms with Gasteiger partial charge in [0.2, 0.25) is 0 Å². The molecule has 1 atom stereocenters. The Morgan fingerprint density at radius 2 is 1.83 bits per heavy atom. The maximum absolute atomic E-state index is 14.0. The summed E-state index contributed by atoms with van der Waals surface area (Å²) < 4.78 is 7.71. The van der Waals surface area contributed by atoms with Crippen molar-refractivity contribution in [2.24, 2.45) is 0 Å². The molecule has 2 aromatic carbocycles. The van der Waals surface area contributed by atoms with Crippen LogP contribution in [0.1, 0.15) is 38.9 Å². The first-order chi connectivity index (χ1) is 17.5. The number of carbonyl (C=O) groups excluding carboxylic acids is 1. The number of benzene rings is 2. The molecule has 4 heterocycles. The average molecular weight is 499 g/mol. The number of fused-ring (bicyclic) bond motifs is 5. The number of aromatic nitrogens is 1. The van der Waals surface area contributed by atoms with E-state index < -0.39 is 0 Å². The number of urea groups is 1. The molecule has 0 saturated carbocycles. The van der Waals surface area contributed by atoms with Gasteiger partial charge < -0.3 is 24.4 Å². The Morgan fingerprint density at radius 3 is 2.61 bits per heavy atom. The number of carbonyl (C=O) groups is 1. The molecule has 6 nitrogen and oxygen atoms in total. The summed E-state index contributed by atoms with van der Waals surface area (Å²) in [5.74, 6) is 0.802. The Morgan fingerprint density at radius 1 is 1.03 bits per heavy atom. The molecule has 184 valence electrons. The largest absolute Gasteiger partial charge is 0.497 e. The number of hydrogen-bond acceptors (Lipinski definition) is 4. The fraction of sp³-hybridized carbons (Fsp3) is 0.276. The van der Waals surface area contributed by atoms with Crippen LogP contribution in [0, 0.1) is 6.92 Å². The number of rotatable bonds is 3. The molecule has 0 bridgehead atoms. The lowest BCUT2D eigenvalue weighted by Gasteiger charge is -2.32. The summed E-state index contributed by atoms with van der Waals surface area (Å²) in [6, 6.07) is 19.9. The predicted octanol–water partition coefficient (Wildman–Crippen LogP) is 5.98. The van der Waals surface area contributed by atoms with Crippen molar-refractivity contribution in [2.45, 2.75) is 32.5 Å². The second kappa shape index (κ2) is 9.15. The minimum absolute atomic E-state index is 0.0985. The fourth-order valence-electron chi connectivity index (χ4n) is 5.39. The van der Waals surface area contributed by atoms with Crippen molar-refractivity contribution in [1.29, 1.82) is 0 Å². The molecule has 2 aliphatic rings. The van der Waals surface area contributed by atoms with Crippen LogP contribution in [0.4, 0.5) is 10.5 Å². The van der Waals surface area contributed by atoms with E-state index >= 15 is 0 Å². The standard InChI is InChI=1S/C29H30N4O2S/c1-19-7-4-5-8-24(19)30-29(34)33-17-23-22-14-16-31(2)18-26(22)36-28(23)32-15-6-9-25(32)27(33)20-10-12-21(35-3)13-11-20/h4-13,15,27H,14,16-18H2,1-3H3,(H,30,34)/t27-/m0/s1. The number of anilines is 1. The first-order valence-corrected chi connectivity index (χ1v) is 13.1. The van der Waals surface area contributed by atoms with Crippen LogP contribution in [-0.4, -0.2) is 41.1 Å². The van der Waals surface area contributed by atoms with Gasteiger partial charge in [-0.1, -0.05) is 30.3 Å². The highest BCUT2D eigenvalue weighted by Gasteiger charge is 2.36. The molecule has 4 aromatic rings. The van der Waals surface area contributed by atoms with Crippen molar-refractivity contribution in [3.63, 3.8) is 0 Å². The van der Waals surface area contributed by atoms with Gasteiger partial charge >= 0.3 is 6.03 Å². The van der Waals surface area contributed by atoms with E-state index in [-0.39, 0.29) is 12.1 Å². The zero-order valence-corrected chi connectivity index (χ0v) is 21.6. The summed E-state index contributed by atoms with van der Waals surface area (Å²) >= 11 is 1.87. The van der Waals surface area contributed by atoms with Crippen molar-refractivity contribution in [3.8, 4) is 10.8 Å². The van der Waals surface area contributed by atoms with Gasteiger partial charge in [-0.25, -0.2) is 4.79 Å². The number of nitrogens with one attached hydrogen (secondary N) is 1. The van der Waals surface area contributed by atoms with Gasteiger partial charge in [-0.2, -0.15) is 0 Å². The highest BCUT2D eigenvalue weighted by Crippen LogP contribution is 2.43. The normalized spacial score (nSPS) is 17.1. The van der Waals surface area contributed by atoms with Gasteiger partial charge in [0, 0.05) is 35.4 Å². The Bertz CT molecular complexity index is 1420. The van der Waals surface area contributed by atoms with Crippen LogP contribution in [0.3, 0.4) is 0 Å². The van der Waals surface area contributed by atoms with Crippen molar-refractivity contribution >= 4 is 23.1 Å². The number of amides is 2. The van der Waals surface area contributed by atoms with E-state index in [2.05, 4.69) is 52.3 Å². The highest BCUT2D eigenvalue weighted by molar-refractivity contribution is 7.15. The summed E-state index contributed by atoms with van der Waals surface area (Å²) in [6.07, 6.45) is 3.15.